The van der Waals surface area contributed by atoms with Gasteiger partial charge in [0.2, 0.25) is 0 Å². The van der Waals surface area contributed by atoms with E-state index >= 15 is 0 Å². The Labute approximate surface area is 96.2 Å². The van der Waals surface area contributed by atoms with Crippen molar-refractivity contribution in [3.05, 3.63) is 34.4 Å². The second-order valence-electron chi connectivity index (χ2n) is 3.66. The summed E-state index contributed by atoms with van der Waals surface area (Å²) < 4.78 is 17.6. The third-order valence-corrected chi connectivity index (χ3v) is 2.51. The lowest BCUT2D eigenvalue weighted by atomic mass is 10.00. The van der Waals surface area contributed by atoms with Crippen molar-refractivity contribution in [3.8, 4) is 0 Å². The van der Waals surface area contributed by atoms with Crippen LogP contribution in [0.1, 0.15) is 27.0 Å². The summed E-state index contributed by atoms with van der Waals surface area (Å²) in [6.07, 6.45) is -1.15. The van der Waals surface area contributed by atoms with Crippen molar-refractivity contribution in [1.29, 1.82) is 0 Å². The van der Waals surface area contributed by atoms with E-state index in [4.69, 9.17) is 9.84 Å². The molecule has 0 saturated carbocycles. The van der Waals surface area contributed by atoms with E-state index in [0.717, 1.165) is 0 Å². The van der Waals surface area contributed by atoms with E-state index in [0.29, 0.717) is 11.1 Å². The molecule has 0 aliphatic carbocycles. The zero-order valence-corrected chi connectivity index (χ0v) is 8.83. The van der Waals surface area contributed by atoms with Crippen LogP contribution in [-0.4, -0.2) is 17.2 Å². The lowest BCUT2D eigenvalue weighted by Gasteiger charge is -2.06. The quantitative estimate of drug-likeness (QED) is 0.785. The van der Waals surface area contributed by atoms with Crippen molar-refractivity contribution in [2.45, 2.75) is 19.8 Å². The van der Waals surface area contributed by atoms with Crippen LogP contribution < -0.4 is 5.32 Å². The number of hydrogen-bond donors (Lipinski definition) is 2. The van der Waals surface area contributed by atoms with Gasteiger partial charge in [-0.15, -0.1) is 0 Å². The first-order chi connectivity index (χ1) is 8.11. The van der Waals surface area contributed by atoms with E-state index in [2.05, 4.69) is 5.32 Å². The molecular weight excluding hydrogens is 229 g/mol. The Morgan fingerprint density at radius 3 is 2.94 bits per heavy atom. The Bertz CT molecular complexity index is 487. The van der Waals surface area contributed by atoms with E-state index in [-0.39, 0.29) is 24.3 Å². The van der Waals surface area contributed by atoms with Gasteiger partial charge in [0.15, 0.2) is 0 Å². The summed E-state index contributed by atoms with van der Waals surface area (Å²) in [5.41, 5.74) is 1.73. The molecule has 0 aromatic heterocycles. The highest BCUT2D eigenvalue weighted by Gasteiger charge is 2.25. The molecule has 0 bridgehead atoms. The summed E-state index contributed by atoms with van der Waals surface area (Å²) in [6, 6.07) is 3.12. The number of benzene rings is 1. The van der Waals surface area contributed by atoms with E-state index in [1.54, 1.807) is 6.07 Å². The Morgan fingerprint density at radius 1 is 1.53 bits per heavy atom. The first-order valence-electron chi connectivity index (χ1n) is 4.96. The Morgan fingerprint density at radius 2 is 2.29 bits per heavy atom. The van der Waals surface area contributed by atoms with Gasteiger partial charge in [-0.1, -0.05) is 6.07 Å². The Kier molecular flexibility index (Phi) is 2.95. The maximum absolute atomic E-state index is 12.8. The minimum Gasteiger partial charge on any atom is -0.465 e. The molecule has 17 heavy (non-hydrogen) atoms. The molecule has 1 aliphatic heterocycles. The number of carboxylic acid groups (broad SMARTS) is 1. The highest BCUT2D eigenvalue weighted by Crippen LogP contribution is 2.26. The summed E-state index contributed by atoms with van der Waals surface area (Å²) >= 11 is 0. The summed E-state index contributed by atoms with van der Waals surface area (Å²) in [4.78, 5) is 21.7. The number of nitrogens with one attached hydrogen (secondary N) is 1. The van der Waals surface area contributed by atoms with E-state index in [1.165, 1.54) is 6.07 Å². The highest BCUT2D eigenvalue weighted by molar-refractivity contribution is 5.95. The SMILES string of the molecule is O=C(O)NCc1cc(CF)c2c(c1)COC2=O. The summed E-state index contributed by atoms with van der Waals surface area (Å²) in [5.74, 6) is -0.523. The van der Waals surface area contributed by atoms with E-state index < -0.39 is 18.7 Å². The molecule has 1 aromatic rings. The van der Waals surface area contributed by atoms with Crippen molar-refractivity contribution < 1.29 is 23.8 Å². The predicted molar refractivity (Wildman–Crippen MR) is 55.2 cm³/mol. The van der Waals surface area contributed by atoms with Gasteiger partial charge in [0.05, 0.1) is 5.56 Å². The molecule has 5 nitrogen and oxygen atoms in total. The van der Waals surface area contributed by atoms with Gasteiger partial charge in [-0.05, 0) is 17.2 Å². The van der Waals surface area contributed by atoms with Crippen molar-refractivity contribution in [2.75, 3.05) is 0 Å². The van der Waals surface area contributed by atoms with Crippen LogP contribution in [0.5, 0.6) is 0 Å². The molecule has 2 rings (SSSR count). The molecule has 0 unspecified atom stereocenters. The van der Waals surface area contributed by atoms with Crippen LogP contribution in [0.15, 0.2) is 12.1 Å². The van der Waals surface area contributed by atoms with Gasteiger partial charge < -0.3 is 15.2 Å². The molecule has 0 spiro atoms. The molecule has 0 radical (unpaired) electrons. The molecule has 1 amide bonds. The van der Waals surface area contributed by atoms with Crippen LogP contribution in [0.2, 0.25) is 0 Å². The fourth-order valence-electron chi connectivity index (χ4n) is 1.82. The number of carbonyl (C=O) groups excluding carboxylic acids is 1. The molecule has 2 N–H and O–H groups in total. The zero-order valence-electron chi connectivity index (χ0n) is 8.83. The first-order valence-corrected chi connectivity index (χ1v) is 4.96. The smallest absolute Gasteiger partial charge is 0.404 e. The number of esters is 1. The minimum absolute atomic E-state index is 0.0732. The van der Waals surface area contributed by atoms with Gasteiger partial charge in [-0.25, -0.2) is 14.0 Å². The number of amides is 1. The van der Waals surface area contributed by atoms with Crippen molar-refractivity contribution in [2.24, 2.45) is 0 Å². The standard InChI is InChI=1S/C11H10FNO4/c12-3-7-1-6(4-13-11(15)16)2-8-5-17-10(14)9(7)8/h1-2,13H,3-5H2,(H,15,16). The maximum atomic E-state index is 12.8. The average Bonchev–Trinajstić information content (AvgIpc) is 2.67. The van der Waals surface area contributed by atoms with Gasteiger partial charge in [-0.2, -0.15) is 0 Å². The summed E-state index contributed by atoms with van der Waals surface area (Å²) in [5, 5.41) is 10.7. The monoisotopic (exact) mass is 239 g/mol. The van der Waals surface area contributed by atoms with Gasteiger partial charge in [-0.3, -0.25) is 0 Å². The molecule has 0 fully saturated rings. The topological polar surface area (TPSA) is 75.6 Å². The number of cyclic esters (lactones) is 1. The first kappa shape index (κ1) is 11.4. The number of carbonyl (C=O) groups is 2. The van der Waals surface area contributed by atoms with Crippen molar-refractivity contribution >= 4 is 12.1 Å². The largest absolute Gasteiger partial charge is 0.465 e. The number of ether oxygens (including phenoxy) is 1. The lowest BCUT2D eigenvalue weighted by molar-refractivity contribution is 0.0533. The molecule has 1 aliphatic rings. The van der Waals surface area contributed by atoms with Gasteiger partial charge in [0.1, 0.15) is 13.3 Å². The zero-order chi connectivity index (χ0) is 12.4. The van der Waals surface area contributed by atoms with Crippen molar-refractivity contribution in [1.82, 2.24) is 5.32 Å². The van der Waals surface area contributed by atoms with Crippen LogP contribution in [0.25, 0.3) is 0 Å². The van der Waals surface area contributed by atoms with Crippen LogP contribution in [0, 0.1) is 0 Å². The third kappa shape index (κ3) is 2.20. The Balaban J connectivity index is 2.32. The molecule has 0 atom stereocenters. The third-order valence-electron chi connectivity index (χ3n) is 2.51. The average molecular weight is 239 g/mol. The van der Waals surface area contributed by atoms with Gasteiger partial charge in [0.25, 0.3) is 0 Å². The molecule has 1 heterocycles. The minimum atomic E-state index is -1.15. The van der Waals surface area contributed by atoms with Crippen LogP contribution in [0.4, 0.5) is 9.18 Å². The summed E-state index contributed by atoms with van der Waals surface area (Å²) in [7, 11) is 0. The van der Waals surface area contributed by atoms with Crippen LogP contribution >= 0.6 is 0 Å². The Hall–Kier alpha value is -2.11. The molecule has 6 heteroatoms. The van der Waals surface area contributed by atoms with Crippen LogP contribution in [0.3, 0.4) is 0 Å². The van der Waals surface area contributed by atoms with E-state index in [1.807, 2.05) is 0 Å². The second kappa shape index (κ2) is 4.40. The molecule has 1 aromatic carbocycles. The fraction of sp³-hybridized carbons (Fsp3) is 0.273. The number of alkyl halides is 1. The predicted octanol–water partition coefficient (Wildman–Crippen LogP) is 1.59. The maximum Gasteiger partial charge on any atom is 0.404 e. The van der Waals surface area contributed by atoms with E-state index in [9.17, 15) is 14.0 Å². The normalized spacial score (nSPS) is 13.1. The van der Waals surface area contributed by atoms with Gasteiger partial charge in [0, 0.05) is 12.1 Å². The number of fused-ring (bicyclic) bond motifs is 1. The number of hydrogen-bond acceptors (Lipinski definition) is 3. The van der Waals surface area contributed by atoms with Crippen LogP contribution in [-0.2, 0) is 24.6 Å². The second-order valence-corrected chi connectivity index (χ2v) is 3.66. The summed E-state index contributed by atoms with van der Waals surface area (Å²) in [6.45, 7) is -0.593. The highest BCUT2D eigenvalue weighted by atomic mass is 19.1. The lowest BCUT2D eigenvalue weighted by Crippen LogP contribution is -2.20. The molecule has 90 valence electrons. The number of rotatable bonds is 3. The van der Waals surface area contributed by atoms with Gasteiger partial charge >= 0.3 is 12.1 Å². The number of halogens is 1. The van der Waals surface area contributed by atoms with Crippen molar-refractivity contribution in [3.63, 3.8) is 0 Å². The molecule has 0 saturated heterocycles. The molecular formula is C11H10FNO4. The fourth-order valence-corrected chi connectivity index (χ4v) is 1.82.